The number of aromatic nitrogens is 1. The first kappa shape index (κ1) is 11.2. The van der Waals surface area contributed by atoms with Crippen LogP contribution in [0.15, 0.2) is 10.7 Å². The van der Waals surface area contributed by atoms with Crippen LogP contribution in [-0.4, -0.2) is 19.2 Å². The molecule has 14 heavy (non-hydrogen) atoms. The third-order valence-corrected chi connectivity index (χ3v) is 2.22. The summed E-state index contributed by atoms with van der Waals surface area (Å²) < 4.78 is 34.6. The van der Waals surface area contributed by atoms with Crippen LogP contribution in [0.4, 0.5) is 8.78 Å². The van der Waals surface area contributed by atoms with Crippen molar-refractivity contribution in [1.82, 2.24) is 4.98 Å². The maximum Gasteiger partial charge on any atom is 0.266 e. The van der Waals surface area contributed by atoms with Crippen molar-refractivity contribution in [3.05, 3.63) is 16.2 Å². The van der Waals surface area contributed by atoms with Gasteiger partial charge in [0.1, 0.15) is 4.60 Å². The second-order valence-corrected chi connectivity index (χ2v) is 3.13. The van der Waals surface area contributed by atoms with Gasteiger partial charge in [0, 0.05) is 0 Å². The quantitative estimate of drug-likeness (QED) is 0.790. The number of hydrogen-bond acceptors (Lipinski definition) is 3. The van der Waals surface area contributed by atoms with E-state index in [0.29, 0.717) is 0 Å². The van der Waals surface area contributed by atoms with Gasteiger partial charge >= 0.3 is 0 Å². The molecule has 78 valence electrons. The maximum absolute atomic E-state index is 12.4. The van der Waals surface area contributed by atoms with Crippen molar-refractivity contribution < 1.29 is 18.3 Å². The van der Waals surface area contributed by atoms with Crippen molar-refractivity contribution in [2.24, 2.45) is 0 Å². The normalized spacial score (nSPS) is 10.4. The fourth-order valence-electron chi connectivity index (χ4n) is 0.917. The van der Waals surface area contributed by atoms with Gasteiger partial charge in [-0.2, -0.15) is 0 Å². The number of hydrogen-bond donors (Lipinski definition) is 0. The van der Waals surface area contributed by atoms with E-state index >= 15 is 0 Å². The molecule has 0 bridgehead atoms. The zero-order valence-corrected chi connectivity index (χ0v) is 9.14. The maximum atomic E-state index is 12.4. The van der Waals surface area contributed by atoms with Gasteiger partial charge in [0.05, 0.1) is 19.8 Å². The minimum atomic E-state index is -2.60. The van der Waals surface area contributed by atoms with E-state index in [-0.39, 0.29) is 21.8 Å². The van der Waals surface area contributed by atoms with E-state index in [2.05, 4.69) is 20.9 Å². The summed E-state index contributed by atoms with van der Waals surface area (Å²) in [6.45, 7) is 0. The van der Waals surface area contributed by atoms with Crippen LogP contribution in [0.2, 0.25) is 0 Å². The van der Waals surface area contributed by atoms with Crippen molar-refractivity contribution >= 4 is 15.9 Å². The number of alkyl halides is 2. The Bertz CT molecular complexity index is 333. The van der Waals surface area contributed by atoms with Gasteiger partial charge < -0.3 is 9.47 Å². The Morgan fingerprint density at radius 2 is 2.00 bits per heavy atom. The molecule has 1 rings (SSSR count). The van der Waals surface area contributed by atoms with Gasteiger partial charge in [-0.3, -0.25) is 0 Å². The van der Waals surface area contributed by atoms with Crippen LogP contribution in [0.3, 0.4) is 0 Å². The molecule has 1 heterocycles. The topological polar surface area (TPSA) is 31.4 Å². The second kappa shape index (κ2) is 4.54. The van der Waals surface area contributed by atoms with Crippen LogP contribution in [0, 0.1) is 0 Å². The lowest BCUT2D eigenvalue weighted by atomic mass is 10.3. The predicted molar refractivity (Wildman–Crippen MR) is 50.0 cm³/mol. The highest BCUT2D eigenvalue weighted by Crippen LogP contribution is 2.34. The van der Waals surface area contributed by atoms with Crippen molar-refractivity contribution in [2.75, 3.05) is 14.2 Å². The van der Waals surface area contributed by atoms with Crippen molar-refractivity contribution in [1.29, 1.82) is 0 Å². The van der Waals surface area contributed by atoms with Gasteiger partial charge in [0.25, 0.3) is 12.3 Å². The van der Waals surface area contributed by atoms with E-state index in [9.17, 15) is 8.78 Å². The molecule has 0 N–H and O–H groups in total. The lowest BCUT2D eigenvalue weighted by Gasteiger charge is -2.09. The van der Waals surface area contributed by atoms with E-state index in [0.717, 1.165) is 0 Å². The number of rotatable bonds is 3. The van der Waals surface area contributed by atoms with Crippen LogP contribution >= 0.6 is 15.9 Å². The smallest absolute Gasteiger partial charge is 0.266 e. The number of ether oxygens (including phenoxy) is 2. The molecule has 0 amide bonds. The average Bonchev–Trinajstić information content (AvgIpc) is 2.16. The first-order valence-electron chi connectivity index (χ1n) is 3.66. The highest BCUT2D eigenvalue weighted by molar-refractivity contribution is 9.10. The van der Waals surface area contributed by atoms with Crippen LogP contribution in [0.5, 0.6) is 11.6 Å². The predicted octanol–water partition coefficient (Wildman–Crippen LogP) is 2.80. The highest BCUT2D eigenvalue weighted by Gasteiger charge is 2.17. The molecule has 1 aromatic heterocycles. The Morgan fingerprint density at radius 1 is 1.36 bits per heavy atom. The minimum Gasteiger partial charge on any atom is -0.491 e. The second-order valence-electron chi connectivity index (χ2n) is 2.38. The number of pyridine rings is 1. The van der Waals surface area contributed by atoms with E-state index in [1.54, 1.807) is 0 Å². The molecule has 1 aromatic rings. The molecule has 6 heteroatoms. The Hall–Kier alpha value is -0.910. The van der Waals surface area contributed by atoms with E-state index < -0.39 is 6.43 Å². The summed E-state index contributed by atoms with van der Waals surface area (Å²) in [6.07, 6.45) is -2.60. The van der Waals surface area contributed by atoms with Gasteiger partial charge in [-0.1, -0.05) is 0 Å². The van der Waals surface area contributed by atoms with Crippen LogP contribution in [0.1, 0.15) is 12.0 Å². The average molecular weight is 268 g/mol. The Labute approximate surface area is 88.2 Å². The minimum absolute atomic E-state index is 0.0603. The molecule has 0 aliphatic carbocycles. The molecule has 0 saturated heterocycles. The summed E-state index contributed by atoms with van der Waals surface area (Å²) in [4.78, 5) is 3.77. The van der Waals surface area contributed by atoms with Crippen molar-refractivity contribution in [3.8, 4) is 11.6 Å². The van der Waals surface area contributed by atoms with Crippen molar-refractivity contribution in [3.63, 3.8) is 0 Å². The molecule has 0 saturated carbocycles. The molecule has 0 fully saturated rings. The van der Waals surface area contributed by atoms with Crippen LogP contribution in [-0.2, 0) is 0 Å². The largest absolute Gasteiger partial charge is 0.491 e. The fraction of sp³-hybridized carbons (Fsp3) is 0.375. The Morgan fingerprint density at radius 3 is 2.43 bits per heavy atom. The summed E-state index contributed by atoms with van der Waals surface area (Å²) in [6, 6.07) is 1.20. The molecule has 0 spiro atoms. The Kier molecular flexibility index (Phi) is 3.62. The SMILES string of the molecule is COc1cc(C(F)F)c(Br)nc1OC. The fourth-order valence-corrected chi connectivity index (χ4v) is 1.37. The number of nitrogens with zero attached hydrogens (tertiary/aromatic N) is 1. The first-order valence-corrected chi connectivity index (χ1v) is 4.46. The van der Waals surface area contributed by atoms with Gasteiger partial charge in [-0.25, -0.2) is 13.8 Å². The van der Waals surface area contributed by atoms with Gasteiger partial charge in [-0.15, -0.1) is 0 Å². The van der Waals surface area contributed by atoms with E-state index in [1.165, 1.54) is 20.3 Å². The van der Waals surface area contributed by atoms with E-state index in [4.69, 9.17) is 9.47 Å². The summed E-state index contributed by atoms with van der Waals surface area (Å²) in [5, 5.41) is 0. The summed E-state index contributed by atoms with van der Waals surface area (Å²) in [5.74, 6) is 0.356. The van der Waals surface area contributed by atoms with Crippen LogP contribution in [0.25, 0.3) is 0 Å². The molecular weight excluding hydrogens is 260 g/mol. The number of halogens is 3. The highest BCUT2D eigenvalue weighted by atomic mass is 79.9. The van der Waals surface area contributed by atoms with E-state index in [1.807, 2.05) is 0 Å². The molecule has 0 aliphatic heterocycles. The monoisotopic (exact) mass is 267 g/mol. The van der Waals surface area contributed by atoms with Crippen LogP contribution < -0.4 is 9.47 Å². The van der Waals surface area contributed by atoms with Crippen molar-refractivity contribution in [2.45, 2.75) is 6.43 Å². The molecule has 0 radical (unpaired) electrons. The van der Waals surface area contributed by atoms with Gasteiger partial charge in [0.2, 0.25) is 0 Å². The molecule has 0 atom stereocenters. The zero-order chi connectivity index (χ0) is 10.7. The summed E-state index contributed by atoms with van der Waals surface area (Å²) in [7, 11) is 2.75. The standard InChI is InChI=1S/C8H8BrF2NO2/c1-13-5-3-4(7(10)11)6(9)12-8(5)14-2/h3,7H,1-2H3. The van der Waals surface area contributed by atoms with Gasteiger partial charge in [-0.05, 0) is 22.0 Å². The molecule has 0 aliphatic rings. The number of methoxy groups -OCH3 is 2. The third kappa shape index (κ3) is 2.12. The molecule has 0 aromatic carbocycles. The lowest BCUT2D eigenvalue weighted by Crippen LogP contribution is -1.97. The molecular formula is C8H8BrF2NO2. The Balaban J connectivity index is 3.23. The molecule has 0 unspecified atom stereocenters. The first-order chi connectivity index (χ1) is 6.60. The third-order valence-electron chi connectivity index (χ3n) is 1.58. The summed E-state index contributed by atoms with van der Waals surface area (Å²) >= 11 is 2.93. The lowest BCUT2D eigenvalue weighted by molar-refractivity contribution is 0.149. The molecule has 3 nitrogen and oxygen atoms in total. The zero-order valence-electron chi connectivity index (χ0n) is 7.55. The van der Waals surface area contributed by atoms with Gasteiger partial charge in [0.15, 0.2) is 5.75 Å². The summed E-state index contributed by atoms with van der Waals surface area (Å²) in [5.41, 5.74) is -0.220.